The molecule has 0 unspecified atom stereocenters. The Hall–Kier alpha value is -2.62. The predicted molar refractivity (Wildman–Crippen MR) is 96.0 cm³/mol. The maximum atomic E-state index is 12.3. The van der Waals surface area contributed by atoms with Gasteiger partial charge in [0.05, 0.1) is 0 Å². The van der Waals surface area contributed by atoms with E-state index in [4.69, 9.17) is 0 Å². The number of carbonyl (C=O) groups excluding carboxylic acids is 2. The molecule has 0 aliphatic heterocycles. The molecule has 0 aliphatic carbocycles. The maximum Gasteiger partial charge on any atom is 0.251 e. The Labute approximate surface area is 143 Å². The number of aryl methyl sites for hydroxylation is 1. The van der Waals surface area contributed by atoms with E-state index in [1.807, 2.05) is 52.0 Å². The lowest BCUT2D eigenvalue weighted by molar-refractivity contribution is 0.0919. The van der Waals surface area contributed by atoms with Crippen LogP contribution in [0.2, 0.25) is 0 Å². The first-order chi connectivity index (χ1) is 11.2. The lowest BCUT2D eigenvalue weighted by Gasteiger charge is -2.20. The molecular formula is C20H24N2O2. The quantitative estimate of drug-likeness (QED) is 0.905. The Kier molecular flexibility index (Phi) is 5.39. The molecule has 0 saturated heterocycles. The van der Waals surface area contributed by atoms with Gasteiger partial charge >= 0.3 is 0 Å². The molecule has 0 fully saturated rings. The predicted octanol–water partition coefficient (Wildman–Crippen LogP) is 3.45. The number of hydrogen-bond donors (Lipinski definition) is 2. The van der Waals surface area contributed by atoms with Crippen molar-refractivity contribution in [3.63, 3.8) is 0 Å². The average Bonchev–Trinajstić information content (AvgIpc) is 2.52. The van der Waals surface area contributed by atoms with Gasteiger partial charge in [0.25, 0.3) is 11.8 Å². The van der Waals surface area contributed by atoms with E-state index >= 15 is 0 Å². The van der Waals surface area contributed by atoms with Crippen LogP contribution in [-0.2, 0) is 6.54 Å². The third kappa shape index (κ3) is 5.23. The molecule has 0 heterocycles. The van der Waals surface area contributed by atoms with Crippen molar-refractivity contribution in [2.75, 3.05) is 0 Å². The van der Waals surface area contributed by atoms with Crippen molar-refractivity contribution < 1.29 is 9.59 Å². The van der Waals surface area contributed by atoms with Gasteiger partial charge in [-0.2, -0.15) is 0 Å². The number of nitrogens with one attached hydrogen (secondary N) is 2. The maximum absolute atomic E-state index is 12.3. The van der Waals surface area contributed by atoms with Gasteiger partial charge < -0.3 is 10.6 Å². The highest BCUT2D eigenvalue weighted by molar-refractivity contribution is 5.99. The Bertz CT molecular complexity index is 728. The van der Waals surface area contributed by atoms with Gasteiger partial charge in [-0.25, -0.2) is 0 Å². The van der Waals surface area contributed by atoms with Crippen molar-refractivity contribution in [3.8, 4) is 0 Å². The van der Waals surface area contributed by atoms with Gasteiger partial charge in [-0.05, 0) is 51.5 Å². The molecule has 2 N–H and O–H groups in total. The van der Waals surface area contributed by atoms with Crippen molar-refractivity contribution in [2.24, 2.45) is 0 Å². The zero-order valence-corrected chi connectivity index (χ0v) is 14.6. The lowest BCUT2D eigenvalue weighted by Crippen LogP contribution is -2.40. The van der Waals surface area contributed by atoms with Crippen molar-refractivity contribution in [3.05, 3.63) is 70.8 Å². The van der Waals surface area contributed by atoms with E-state index in [0.717, 1.165) is 5.56 Å². The highest BCUT2D eigenvalue weighted by atomic mass is 16.2. The lowest BCUT2D eigenvalue weighted by atomic mass is 10.1. The molecule has 24 heavy (non-hydrogen) atoms. The van der Waals surface area contributed by atoms with Crippen LogP contribution in [0.1, 0.15) is 52.6 Å². The van der Waals surface area contributed by atoms with Gasteiger partial charge in [-0.1, -0.05) is 35.9 Å². The molecule has 2 amide bonds. The van der Waals surface area contributed by atoms with Gasteiger partial charge in [-0.15, -0.1) is 0 Å². The van der Waals surface area contributed by atoms with E-state index in [9.17, 15) is 9.59 Å². The topological polar surface area (TPSA) is 58.2 Å². The largest absolute Gasteiger partial charge is 0.348 e. The summed E-state index contributed by atoms with van der Waals surface area (Å²) < 4.78 is 0. The summed E-state index contributed by atoms with van der Waals surface area (Å²) in [7, 11) is 0. The summed E-state index contributed by atoms with van der Waals surface area (Å²) in [6.07, 6.45) is 0. The normalized spacial score (nSPS) is 11.0. The van der Waals surface area contributed by atoms with E-state index in [1.54, 1.807) is 24.3 Å². The molecule has 0 bridgehead atoms. The minimum Gasteiger partial charge on any atom is -0.348 e. The van der Waals surface area contributed by atoms with Crippen LogP contribution in [0.15, 0.2) is 48.5 Å². The summed E-state index contributed by atoms with van der Waals surface area (Å²) in [4.78, 5) is 24.5. The Morgan fingerprint density at radius 3 is 2.08 bits per heavy atom. The molecule has 0 radical (unpaired) electrons. The molecule has 0 aromatic heterocycles. The minimum atomic E-state index is -0.319. The van der Waals surface area contributed by atoms with Crippen molar-refractivity contribution in [1.29, 1.82) is 0 Å². The third-order valence-electron chi connectivity index (χ3n) is 3.45. The second-order valence-electron chi connectivity index (χ2n) is 6.95. The summed E-state index contributed by atoms with van der Waals surface area (Å²) in [6.45, 7) is 8.24. The van der Waals surface area contributed by atoms with E-state index in [0.29, 0.717) is 17.7 Å². The molecule has 0 aliphatic rings. The highest BCUT2D eigenvalue weighted by Gasteiger charge is 2.16. The number of hydrogen-bond acceptors (Lipinski definition) is 2. The number of carbonyl (C=O) groups is 2. The zero-order valence-electron chi connectivity index (χ0n) is 14.6. The fraction of sp³-hybridized carbons (Fsp3) is 0.300. The first-order valence-corrected chi connectivity index (χ1v) is 8.01. The Balaban J connectivity index is 2.03. The molecule has 0 spiro atoms. The minimum absolute atomic E-state index is 0.185. The molecule has 0 saturated carbocycles. The Morgan fingerprint density at radius 2 is 1.50 bits per heavy atom. The molecule has 2 rings (SSSR count). The molecular weight excluding hydrogens is 300 g/mol. The van der Waals surface area contributed by atoms with Crippen LogP contribution in [0.5, 0.6) is 0 Å². The number of amides is 2. The van der Waals surface area contributed by atoms with Gasteiger partial charge in [0.15, 0.2) is 0 Å². The molecule has 126 valence electrons. The van der Waals surface area contributed by atoms with Gasteiger partial charge in [0, 0.05) is 23.2 Å². The summed E-state index contributed by atoms with van der Waals surface area (Å²) in [5, 5.41) is 5.77. The molecule has 2 aromatic carbocycles. The standard InChI is InChI=1S/C20H24N2O2/c1-14-8-10-15(11-9-14)13-21-18(23)16-6-5-7-17(12-16)19(24)22-20(2,3)4/h5-12H,13H2,1-4H3,(H,21,23)(H,22,24). The van der Waals surface area contributed by atoms with Gasteiger partial charge in [0.1, 0.15) is 0 Å². The second-order valence-corrected chi connectivity index (χ2v) is 6.95. The summed E-state index contributed by atoms with van der Waals surface area (Å²) in [5.74, 6) is -0.378. The fourth-order valence-corrected chi connectivity index (χ4v) is 2.20. The first kappa shape index (κ1) is 17.7. The van der Waals surface area contributed by atoms with Crippen molar-refractivity contribution in [2.45, 2.75) is 39.8 Å². The molecule has 4 heteroatoms. The first-order valence-electron chi connectivity index (χ1n) is 8.01. The second kappa shape index (κ2) is 7.30. The van der Waals surface area contributed by atoms with Gasteiger partial charge in [-0.3, -0.25) is 9.59 Å². The van der Waals surface area contributed by atoms with Crippen LogP contribution < -0.4 is 10.6 Å². The van der Waals surface area contributed by atoms with Crippen LogP contribution in [0.3, 0.4) is 0 Å². The van der Waals surface area contributed by atoms with E-state index in [1.165, 1.54) is 5.56 Å². The van der Waals surface area contributed by atoms with Crippen LogP contribution in [0, 0.1) is 6.92 Å². The summed E-state index contributed by atoms with van der Waals surface area (Å²) >= 11 is 0. The van der Waals surface area contributed by atoms with E-state index in [2.05, 4.69) is 10.6 Å². The monoisotopic (exact) mass is 324 g/mol. The third-order valence-corrected chi connectivity index (χ3v) is 3.45. The molecule has 2 aromatic rings. The highest BCUT2D eigenvalue weighted by Crippen LogP contribution is 2.09. The van der Waals surface area contributed by atoms with Crippen LogP contribution in [0.25, 0.3) is 0 Å². The van der Waals surface area contributed by atoms with Crippen LogP contribution in [-0.4, -0.2) is 17.4 Å². The summed E-state index contributed by atoms with van der Waals surface area (Å²) in [6, 6.07) is 14.8. The average molecular weight is 324 g/mol. The van der Waals surface area contributed by atoms with E-state index in [-0.39, 0.29) is 17.4 Å². The molecule has 4 nitrogen and oxygen atoms in total. The molecule has 0 atom stereocenters. The van der Waals surface area contributed by atoms with Crippen molar-refractivity contribution in [1.82, 2.24) is 10.6 Å². The Morgan fingerprint density at radius 1 is 0.917 bits per heavy atom. The summed E-state index contributed by atoms with van der Waals surface area (Å²) in [5.41, 5.74) is 2.86. The van der Waals surface area contributed by atoms with Crippen molar-refractivity contribution >= 4 is 11.8 Å². The number of benzene rings is 2. The zero-order chi connectivity index (χ0) is 17.7. The van der Waals surface area contributed by atoms with E-state index < -0.39 is 0 Å². The van der Waals surface area contributed by atoms with Gasteiger partial charge in [0.2, 0.25) is 0 Å². The van der Waals surface area contributed by atoms with Crippen LogP contribution in [0.4, 0.5) is 0 Å². The fourth-order valence-electron chi connectivity index (χ4n) is 2.20. The smallest absolute Gasteiger partial charge is 0.251 e. The SMILES string of the molecule is Cc1ccc(CNC(=O)c2cccc(C(=O)NC(C)(C)C)c2)cc1. The number of rotatable bonds is 4. The van der Waals surface area contributed by atoms with Crippen LogP contribution >= 0.6 is 0 Å².